The second kappa shape index (κ2) is 8.22. The molecule has 0 fully saturated rings. The van der Waals surface area contributed by atoms with E-state index in [1.807, 2.05) is 42.3 Å². The molecule has 2 aromatic carbocycles. The Morgan fingerprint density at radius 2 is 1.77 bits per heavy atom. The Hall–Kier alpha value is -1.49. The van der Waals surface area contributed by atoms with E-state index in [1.165, 1.54) is 0 Å². The molecule has 0 radical (unpaired) electrons. The van der Waals surface area contributed by atoms with E-state index in [2.05, 4.69) is 5.32 Å². The van der Waals surface area contributed by atoms with Gasteiger partial charge in [-0.15, -0.1) is 0 Å². The standard InChI is InChI=1S/C16H16Cl2N2OS/c1-20(7-8-21-15-5-3-2-4-6-15)16(22)19-14-10-12(17)9-13(18)11-14/h2-6,9-11H,7-8H2,1H3,(H,19,22). The molecule has 2 rings (SSSR count). The van der Waals surface area contributed by atoms with E-state index in [1.54, 1.807) is 18.2 Å². The molecule has 116 valence electrons. The molecule has 6 heteroatoms. The topological polar surface area (TPSA) is 24.5 Å². The smallest absolute Gasteiger partial charge is 0.173 e. The van der Waals surface area contributed by atoms with Crippen molar-refractivity contribution in [2.75, 3.05) is 25.5 Å². The van der Waals surface area contributed by atoms with Gasteiger partial charge >= 0.3 is 0 Å². The van der Waals surface area contributed by atoms with E-state index in [0.717, 1.165) is 11.4 Å². The molecule has 0 atom stereocenters. The van der Waals surface area contributed by atoms with E-state index >= 15 is 0 Å². The van der Waals surface area contributed by atoms with Crippen molar-refractivity contribution in [3.63, 3.8) is 0 Å². The number of benzene rings is 2. The van der Waals surface area contributed by atoms with Crippen LogP contribution >= 0.6 is 35.4 Å². The molecule has 0 saturated heterocycles. The molecule has 0 spiro atoms. The number of anilines is 1. The Balaban J connectivity index is 1.81. The third-order valence-electron chi connectivity index (χ3n) is 2.90. The molecule has 0 aliphatic rings. The largest absolute Gasteiger partial charge is 0.492 e. The summed E-state index contributed by atoms with van der Waals surface area (Å²) in [5, 5.41) is 4.81. The molecular weight excluding hydrogens is 339 g/mol. The van der Waals surface area contributed by atoms with Gasteiger partial charge in [-0.1, -0.05) is 41.4 Å². The zero-order chi connectivity index (χ0) is 15.9. The Morgan fingerprint density at radius 1 is 1.14 bits per heavy atom. The van der Waals surface area contributed by atoms with E-state index < -0.39 is 0 Å². The van der Waals surface area contributed by atoms with Crippen LogP contribution in [0.15, 0.2) is 48.5 Å². The van der Waals surface area contributed by atoms with Gasteiger partial charge in [-0.3, -0.25) is 0 Å². The molecule has 22 heavy (non-hydrogen) atoms. The van der Waals surface area contributed by atoms with Crippen molar-refractivity contribution in [2.45, 2.75) is 0 Å². The molecule has 0 unspecified atom stereocenters. The van der Waals surface area contributed by atoms with E-state index in [-0.39, 0.29) is 0 Å². The number of nitrogens with zero attached hydrogens (tertiary/aromatic N) is 1. The molecule has 0 aromatic heterocycles. The highest BCUT2D eigenvalue weighted by Gasteiger charge is 2.06. The number of likely N-dealkylation sites (N-methyl/N-ethyl adjacent to an activating group) is 1. The number of hydrogen-bond acceptors (Lipinski definition) is 2. The molecule has 0 heterocycles. The van der Waals surface area contributed by atoms with Crippen LogP contribution < -0.4 is 10.1 Å². The van der Waals surface area contributed by atoms with Crippen LogP contribution in [-0.2, 0) is 0 Å². The predicted octanol–water partition coefficient (Wildman–Crippen LogP) is 4.70. The van der Waals surface area contributed by atoms with Crippen molar-refractivity contribution < 1.29 is 4.74 Å². The van der Waals surface area contributed by atoms with Crippen molar-refractivity contribution in [3.8, 4) is 5.75 Å². The molecular formula is C16H16Cl2N2OS. The fourth-order valence-corrected chi connectivity index (χ4v) is 2.50. The maximum atomic E-state index is 5.96. The van der Waals surface area contributed by atoms with Crippen LogP contribution in [0.2, 0.25) is 10.0 Å². The zero-order valence-corrected chi connectivity index (χ0v) is 14.4. The maximum absolute atomic E-state index is 5.96. The predicted molar refractivity (Wildman–Crippen MR) is 97.2 cm³/mol. The fraction of sp³-hybridized carbons (Fsp3) is 0.188. The number of thiocarbonyl (C=S) groups is 1. The van der Waals surface area contributed by atoms with Crippen LogP contribution in [-0.4, -0.2) is 30.2 Å². The Kier molecular flexibility index (Phi) is 6.31. The second-order valence-corrected chi connectivity index (χ2v) is 5.93. The Bertz CT molecular complexity index is 617. The monoisotopic (exact) mass is 354 g/mol. The number of para-hydroxylation sites is 1. The fourth-order valence-electron chi connectivity index (χ4n) is 1.76. The molecule has 0 saturated carbocycles. The zero-order valence-electron chi connectivity index (χ0n) is 12.1. The van der Waals surface area contributed by atoms with Crippen LogP contribution in [0.3, 0.4) is 0 Å². The second-order valence-electron chi connectivity index (χ2n) is 4.67. The van der Waals surface area contributed by atoms with Gasteiger partial charge in [0.15, 0.2) is 5.11 Å². The summed E-state index contributed by atoms with van der Waals surface area (Å²) in [5.41, 5.74) is 0.762. The first kappa shape index (κ1) is 16.9. The molecule has 3 nitrogen and oxygen atoms in total. The average molecular weight is 355 g/mol. The van der Waals surface area contributed by atoms with Gasteiger partial charge in [0.1, 0.15) is 12.4 Å². The van der Waals surface area contributed by atoms with Gasteiger partial charge in [0.25, 0.3) is 0 Å². The number of rotatable bonds is 5. The molecule has 0 amide bonds. The van der Waals surface area contributed by atoms with Crippen molar-refractivity contribution in [1.82, 2.24) is 4.90 Å². The summed E-state index contributed by atoms with van der Waals surface area (Å²) >= 11 is 17.3. The summed E-state index contributed by atoms with van der Waals surface area (Å²) in [4.78, 5) is 1.90. The normalized spacial score (nSPS) is 10.1. The molecule has 1 N–H and O–H groups in total. The number of nitrogens with one attached hydrogen (secondary N) is 1. The van der Waals surface area contributed by atoms with Crippen LogP contribution in [0, 0.1) is 0 Å². The number of halogens is 2. The van der Waals surface area contributed by atoms with Crippen molar-refractivity contribution in [3.05, 3.63) is 58.6 Å². The number of hydrogen-bond donors (Lipinski definition) is 1. The van der Waals surface area contributed by atoms with Gasteiger partial charge in [-0.2, -0.15) is 0 Å². The highest BCUT2D eigenvalue weighted by molar-refractivity contribution is 7.80. The van der Waals surface area contributed by atoms with E-state index in [0.29, 0.717) is 28.3 Å². The van der Waals surface area contributed by atoms with Gasteiger partial charge in [-0.05, 0) is 42.5 Å². The minimum Gasteiger partial charge on any atom is -0.492 e. The van der Waals surface area contributed by atoms with Crippen molar-refractivity contribution >= 4 is 46.2 Å². The Labute approximate surface area is 145 Å². The van der Waals surface area contributed by atoms with Gasteiger partial charge in [0, 0.05) is 22.8 Å². The van der Waals surface area contributed by atoms with Crippen LogP contribution in [0.1, 0.15) is 0 Å². The lowest BCUT2D eigenvalue weighted by Crippen LogP contribution is -2.34. The van der Waals surface area contributed by atoms with Crippen molar-refractivity contribution in [1.29, 1.82) is 0 Å². The molecule has 2 aromatic rings. The maximum Gasteiger partial charge on any atom is 0.173 e. The first-order valence-electron chi connectivity index (χ1n) is 6.70. The quantitative estimate of drug-likeness (QED) is 0.786. The van der Waals surface area contributed by atoms with Gasteiger partial charge in [-0.25, -0.2) is 0 Å². The SMILES string of the molecule is CN(CCOc1ccccc1)C(=S)Nc1cc(Cl)cc(Cl)c1. The van der Waals surface area contributed by atoms with Crippen LogP contribution in [0.25, 0.3) is 0 Å². The summed E-state index contributed by atoms with van der Waals surface area (Å²) in [7, 11) is 1.90. The molecule has 0 bridgehead atoms. The first-order valence-corrected chi connectivity index (χ1v) is 7.87. The van der Waals surface area contributed by atoms with Gasteiger partial charge in [0.05, 0.1) is 6.54 Å². The van der Waals surface area contributed by atoms with Crippen molar-refractivity contribution in [2.24, 2.45) is 0 Å². The summed E-state index contributed by atoms with van der Waals surface area (Å²) in [6.07, 6.45) is 0. The van der Waals surface area contributed by atoms with Crippen LogP contribution in [0.5, 0.6) is 5.75 Å². The first-order chi connectivity index (χ1) is 10.5. The highest BCUT2D eigenvalue weighted by Crippen LogP contribution is 2.22. The van der Waals surface area contributed by atoms with Crippen LogP contribution in [0.4, 0.5) is 5.69 Å². The highest BCUT2D eigenvalue weighted by atomic mass is 35.5. The third-order valence-corrected chi connectivity index (χ3v) is 3.75. The van der Waals surface area contributed by atoms with Gasteiger partial charge in [0.2, 0.25) is 0 Å². The summed E-state index contributed by atoms with van der Waals surface area (Å²) in [6, 6.07) is 14.9. The summed E-state index contributed by atoms with van der Waals surface area (Å²) in [6.45, 7) is 1.20. The Morgan fingerprint density at radius 3 is 2.41 bits per heavy atom. The minimum absolute atomic E-state index is 0.540. The van der Waals surface area contributed by atoms with E-state index in [4.69, 9.17) is 40.2 Å². The van der Waals surface area contributed by atoms with E-state index in [9.17, 15) is 0 Å². The minimum atomic E-state index is 0.540. The lowest BCUT2D eigenvalue weighted by atomic mass is 10.3. The number of ether oxygens (including phenoxy) is 1. The summed E-state index contributed by atoms with van der Waals surface area (Å²) in [5.74, 6) is 0.844. The molecule has 0 aliphatic heterocycles. The lowest BCUT2D eigenvalue weighted by molar-refractivity contribution is 0.285. The van der Waals surface area contributed by atoms with Gasteiger partial charge < -0.3 is 15.0 Å². The lowest BCUT2D eigenvalue weighted by Gasteiger charge is -2.21. The molecule has 0 aliphatic carbocycles. The third kappa shape index (κ3) is 5.37. The average Bonchev–Trinajstić information content (AvgIpc) is 2.47. The summed E-state index contributed by atoms with van der Waals surface area (Å²) < 4.78 is 5.64.